The Balaban J connectivity index is 1.50. The highest BCUT2D eigenvalue weighted by Crippen LogP contribution is 2.47. The summed E-state index contributed by atoms with van der Waals surface area (Å²) in [5.41, 5.74) is 3.07. The monoisotopic (exact) mass is 598 g/mol. The highest BCUT2D eigenvalue weighted by molar-refractivity contribution is 8.09. The summed E-state index contributed by atoms with van der Waals surface area (Å²) in [6, 6.07) is 7.72. The second-order valence-corrected chi connectivity index (χ2v) is 12.9. The third-order valence-corrected chi connectivity index (χ3v) is 8.69. The number of hydrogen-bond donors (Lipinski definition) is 4. The van der Waals surface area contributed by atoms with Crippen LogP contribution >= 0.6 is 6.64 Å². The summed E-state index contributed by atoms with van der Waals surface area (Å²) < 4.78 is 40.2. The number of ether oxygens (including phenoxy) is 2. The van der Waals surface area contributed by atoms with Gasteiger partial charge in [0, 0.05) is 0 Å². The van der Waals surface area contributed by atoms with Gasteiger partial charge in [-0.3, -0.25) is 14.6 Å². The number of carbonyl (C=O) groups excluding carboxylic acids is 1. The van der Waals surface area contributed by atoms with Gasteiger partial charge in [-0.1, -0.05) is 18.2 Å². The maximum atomic E-state index is 15.8. The Labute approximate surface area is 234 Å². The Morgan fingerprint density at radius 2 is 2.08 bits per heavy atom. The zero-order chi connectivity index (χ0) is 29.2. The number of aliphatic hydroxyl groups excluding tert-OH is 1. The zero-order valence-electron chi connectivity index (χ0n) is 22.3. The van der Waals surface area contributed by atoms with E-state index in [9.17, 15) is 14.7 Å². The van der Waals surface area contributed by atoms with Gasteiger partial charge in [0.1, 0.15) is 30.1 Å². The van der Waals surface area contributed by atoms with E-state index in [1.807, 2.05) is 0 Å². The average molecular weight is 599 g/mol. The molecule has 16 heteroatoms. The van der Waals surface area contributed by atoms with Crippen molar-refractivity contribution in [3.05, 3.63) is 47.0 Å². The van der Waals surface area contributed by atoms with Gasteiger partial charge in [0.25, 0.3) is 5.56 Å². The number of nitrogen functional groups attached to an aromatic ring is 1. The van der Waals surface area contributed by atoms with Gasteiger partial charge < -0.3 is 33.9 Å². The first-order chi connectivity index (χ1) is 18.8. The number of imidazole rings is 1. The van der Waals surface area contributed by atoms with Crippen LogP contribution in [-0.4, -0.2) is 73.3 Å². The smallest absolute Gasteiger partial charge is 0.323 e. The fraction of sp³-hybridized carbons (Fsp3) is 0.500. The molecule has 0 amide bonds. The van der Waals surface area contributed by atoms with E-state index in [0.717, 1.165) is 0 Å². The van der Waals surface area contributed by atoms with Gasteiger partial charge in [-0.25, -0.2) is 14.5 Å². The largest absolute Gasteiger partial charge is 0.462 e. The molecule has 1 aliphatic heterocycles. The number of nitrogens with two attached hydrogens (primary N) is 1. The number of anilines is 1. The molecular weight excluding hydrogens is 566 g/mol. The van der Waals surface area contributed by atoms with Crippen molar-refractivity contribution in [2.24, 2.45) is 0 Å². The van der Waals surface area contributed by atoms with Crippen LogP contribution in [0.4, 0.5) is 10.3 Å². The highest BCUT2D eigenvalue weighted by atomic mass is 32.5. The van der Waals surface area contributed by atoms with E-state index in [4.69, 9.17) is 36.1 Å². The average Bonchev–Trinajstić information content (AvgIpc) is 3.36. The first-order valence-electron chi connectivity index (χ1n) is 12.5. The van der Waals surface area contributed by atoms with Crippen LogP contribution in [0.2, 0.25) is 0 Å². The number of hydrogen-bond acceptors (Lipinski definition) is 11. The number of esters is 1. The summed E-state index contributed by atoms with van der Waals surface area (Å²) >= 11 is 5.68. The molecule has 218 valence electrons. The molecule has 0 radical (unpaired) electrons. The first-order valence-corrected chi connectivity index (χ1v) is 15.1. The summed E-state index contributed by atoms with van der Waals surface area (Å²) in [4.78, 5) is 35.0. The summed E-state index contributed by atoms with van der Waals surface area (Å²) in [7, 11) is 0. The standard InChI is InChI=1S/C24H32FN6O7PS/c1-13(2)36-22(34)14(3)30-39(40,38-15-8-6-5-7-9-15)35-11-16-19(32)24(4,25)17(37-16)10-31-12-27-18-20(31)28-23(26)29-21(18)33/h5-9,12-14,16-17,19,32H,10-11H2,1-4H3,(H,30,40)(H3,26,28,29,33)/t14?,16-,17+,19-,24+,39+/m1/s1. The Morgan fingerprint density at radius 1 is 1.38 bits per heavy atom. The number of alkyl halides is 1. The summed E-state index contributed by atoms with van der Waals surface area (Å²) in [5.74, 6) is -0.291. The van der Waals surface area contributed by atoms with Gasteiger partial charge in [0.2, 0.25) is 5.95 Å². The molecule has 5 N–H and O–H groups in total. The molecule has 13 nitrogen and oxygen atoms in total. The van der Waals surface area contributed by atoms with E-state index in [1.54, 1.807) is 51.1 Å². The SMILES string of the molecule is CC(C)OC(=O)C(C)N[P@](=S)(OC[C@H]1O[C@@H](Cn2cnc3c(=O)[nH]c(N)nc32)[C@](C)(F)[C@@H]1O)Oc1ccccc1. The van der Waals surface area contributed by atoms with Crippen LogP contribution in [-0.2, 0) is 37.1 Å². The number of nitrogens with one attached hydrogen (secondary N) is 2. The zero-order valence-corrected chi connectivity index (χ0v) is 24.0. The summed E-state index contributed by atoms with van der Waals surface area (Å²) in [6.45, 7) is 2.27. The maximum Gasteiger partial charge on any atom is 0.323 e. The number of aromatic amines is 1. The van der Waals surface area contributed by atoms with Crippen LogP contribution in [0.25, 0.3) is 11.2 Å². The molecule has 0 saturated carbocycles. The Hall–Kier alpha value is -2.94. The van der Waals surface area contributed by atoms with Gasteiger partial charge in [-0.2, -0.15) is 4.98 Å². The van der Waals surface area contributed by atoms with Crippen LogP contribution in [0.15, 0.2) is 41.5 Å². The molecule has 4 rings (SSSR count). The van der Waals surface area contributed by atoms with Crippen molar-refractivity contribution in [1.82, 2.24) is 24.6 Å². The fourth-order valence-corrected chi connectivity index (χ4v) is 6.53. The predicted molar refractivity (Wildman–Crippen MR) is 148 cm³/mol. The molecule has 2 aromatic heterocycles. The third-order valence-electron chi connectivity index (χ3n) is 6.19. The second kappa shape index (κ2) is 11.9. The van der Waals surface area contributed by atoms with Crippen molar-refractivity contribution in [3.8, 4) is 5.75 Å². The molecule has 0 spiro atoms. The molecule has 1 unspecified atom stereocenters. The molecule has 0 bridgehead atoms. The minimum Gasteiger partial charge on any atom is -0.462 e. The third kappa shape index (κ3) is 6.67. The molecule has 1 aliphatic rings. The fourth-order valence-electron chi connectivity index (χ4n) is 4.11. The summed E-state index contributed by atoms with van der Waals surface area (Å²) in [6.07, 6.45) is -2.94. The van der Waals surface area contributed by atoms with Gasteiger partial charge in [-0.15, -0.1) is 0 Å². The highest BCUT2D eigenvalue weighted by Gasteiger charge is 2.54. The predicted octanol–water partition coefficient (Wildman–Crippen LogP) is 1.81. The molecule has 40 heavy (non-hydrogen) atoms. The van der Waals surface area contributed by atoms with Gasteiger partial charge >= 0.3 is 12.6 Å². The molecule has 1 saturated heterocycles. The van der Waals surface area contributed by atoms with E-state index in [2.05, 4.69) is 20.0 Å². The van der Waals surface area contributed by atoms with Gasteiger partial charge in [0.05, 0.1) is 25.6 Å². The van der Waals surface area contributed by atoms with E-state index in [-0.39, 0.29) is 36.4 Å². The van der Waals surface area contributed by atoms with Crippen LogP contribution in [0.5, 0.6) is 5.75 Å². The lowest BCUT2D eigenvalue weighted by molar-refractivity contribution is -0.149. The molecule has 0 aliphatic carbocycles. The minimum atomic E-state index is -3.44. The lowest BCUT2D eigenvalue weighted by Crippen LogP contribution is -2.43. The van der Waals surface area contributed by atoms with Gasteiger partial charge in [-0.05, 0) is 51.6 Å². The lowest BCUT2D eigenvalue weighted by atomic mass is 9.95. The topological polar surface area (TPSA) is 176 Å². The normalized spacial score (nSPS) is 25.1. The van der Waals surface area contributed by atoms with E-state index < -0.39 is 48.2 Å². The van der Waals surface area contributed by atoms with Crippen molar-refractivity contribution in [3.63, 3.8) is 0 Å². The van der Waals surface area contributed by atoms with Crippen molar-refractivity contribution in [2.75, 3.05) is 12.3 Å². The molecule has 3 aromatic rings. The number of H-pyrrole nitrogens is 1. The number of fused-ring (bicyclic) bond motifs is 1. The number of para-hydroxylation sites is 1. The second-order valence-electron chi connectivity index (χ2n) is 9.81. The number of nitrogens with zero attached hydrogens (tertiary/aromatic N) is 3. The molecule has 6 atom stereocenters. The molecule has 1 aromatic carbocycles. The Kier molecular flexibility index (Phi) is 8.93. The van der Waals surface area contributed by atoms with E-state index in [1.165, 1.54) is 17.8 Å². The quantitative estimate of drug-likeness (QED) is 0.186. The van der Waals surface area contributed by atoms with Gasteiger partial charge in [0.15, 0.2) is 16.8 Å². The number of carbonyl (C=O) groups is 1. The lowest BCUT2D eigenvalue weighted by Gasteiger charge is -2.28. The minimum absolute atomic E-state index is 0.0307. The number of aliphatic hydroxyl groups is 1. The van der Waals surface area contributed by atoms with Crippen molar-refractivity contribution < 1.29 is 32.8 Å². The molecule has 3 heterocycles. The summed E-state index contributed by atoms with van der Waals surface area (Å²) in [5, 5.41) is 13.7. The van der Waals surface area contributed by atoms with E-state index in [0.29, 0.717) is 5.75 Å². The van der Waals surface area contributed by atoms with Crippen LogP contribution in [0.1, 0.15) is 27.7 Å². The molecule has 1 fully saturated rings. The molecular formula is C24H32FN6O7PS. The van der Waals surface area contributed by atoms with Crippen molar-refractivity contribution >= 4 is 41.5 Å². The van der Waals surface area contributed by atoms with Crippen molar-refractivity contribution in [1.29, 1.82) is 0 Å². The number of halogens is 1. The first kappa shape index (κ1) is 30.0. The Morgan fingerprint density at radius 3 is 2.75 bits per heavy atom. The van der Waals surface area contributed by atoms with E-state index >= 15 is 4.39 Å². The van der Waals surface area contributed by atoms with Crippen LogP contribution in [0.3, 0.4) is 0 Å². The van der Waals surface area contributed by atoms with Crippen molar-refractivity contribution in [2.45, 2.75) is 70.4 Å². The number of benzene rings is 1. The van der Waals surface area contributed by atoms with Crippen LogP contribution in [0, 0.1) is 0 Å². The van der Waals surface area contributed by atoms with Crippen LogP contribution < -0.4 is 20.9 Å². The number of aromatic nitrogens is 4. The Bertz CT molecular complexity index is 1450. The number of rotatable bonds is 11. The maximum absolute atomic E-state index is 15.8.